The highest BCUT2D eigenvalue weighted by molar-refractivity contribution is 5.99. The monoisotopic (exact) mass is 469 g/mol. The molecule has 0 unspecified atom stereocenters. The molecule has 1 aliphatic carbocycles. The van der Waals surface area contributed by atoms with Crippen molar-refractivity contribution in [2.75, 3.05) is 11.4 Å². The van der Waals surface area contributed by atoms with Gasteiger partial charge in [0.25, 0.3) is 0 Å². The van der Waals surface area contributed by atoms with Gasteiger partial charge in [0, 0.05) is 24.6 Å². The van der Waals surface area contributed by atoms with E-state index in [-0.39, 0.29) is 17.7 Å². The molecule has 3 aromatic rings. The lowest BCUT2D eigenvalue weighted by atomic mass is 9.95. The van der Waals surface area contributed by atoms with Crippen molar-refractivity contribution in [1.29, 1.82) is 0 Å². The molecular weight excluding hydrogens is 442 g/mol. The van der Waals surface area contributed by atoms with Crippen LogP contribution in [0.4, 0.5) is 10.5 Å². The van der Waals surface area contributed by atoms with Crippen molar-refractivity contribution in [3.63, 3.8) is 0 Å². The average molecular weight is 470 g/mol. The molecule has 0 aromatic heterocycles. The van der Waals surface area contributed by atoms with Gasteiger partial charge in [0.05, 0.1) is 0 Å². The van der Waals surface area contributed by atoms with Crippen LogP contribution in [0.25, 0.3) is 11.1 Å². The van der Waals surface area contributed by atoms with E-state index in [2.05, 4.69) is 34.9 Å². The summed E-state index contributed by atoms with van der Waals surface area (Å²) in [5.41, 5.74) is 4.99. The zero-order chi connectivity index (χ0) is 24.7. The number of fused-ring (bicyclic) bond motifs is 3. The molecule has 1 saturated heterocycles. The molecule has 3 N–H and O–H groups in total. The molecule has 7 heteroatoms. The second-order valence-electron chi connectivity index (χ2n) is 9.63. The van der Waals surface area contributed by atoms with Gasteiger partial charge in [-0.2, -0.15) is 0 Å². The number of amides is 3. The molecule has 7 nitrogen and oxygen atoms in total. The van der Waals surface area contributed by atoms with Crippen molar-refractivity contribution in [2.45, 2.75) is 37.8 Å². The Balaban J connectivity index is 1.36. The Hall–Kier alpha value is -4.13. The normalized spacial score (nSPS) is 18.3. The summed E-state index contributed by atoms with van der Waals surface area (Å²) in [6, 6.07) is 22.7. The standard InChI is InChI=1S/C28H27N3O4/c1-28(2)26(33)29-24(25(32)30-28)15-17-11-13-18(14-12-17)31(27(34)35)16-23-21-9-5-3-7-19(21)20-8-4-6-10-22(20)23/h3-14,23-24H,15-16H2,1-2H3,(H,29,33)(H,30,32)(H,34,35)/t24-/m0/s1. The maximum Gasteiger partial charge on any atom is 0.411 e. The molecule has 1 aliphatic heterocycles. The Kier molecular flexibility index (Phi) is 5.55. The minimum absolute atomic E-state index is 0.0670. The summed E-state index contributed by atoms with van der Waals surface area (Å²) >= 11 is 0. The lowest BCUT2D eigenvalue weighted by molar-refractivity contribution is -0.140. The highest BCUT2D eigenvalue weighted by atomic mass is 16.4. The fraction of sp³-hybridized carbons (Fsp3) is 0.250. The smallest absolute Gasteiger partial charge is 0.411 e. The molecule has 5 rings (SSSR count). The van der Waals surface area contributed by atoms with E-state index in [1.54, 1.807) is 38.1 Å². The third-order valence-electron chi connectivity index (χ3n) is 6.87. The van der Waals surface area contributed by atoms with Crippen LogP contribution >= 0.6 is 0 Å². The third kappa shape index (κ3) is 4.14. The first-order valence-electron chi connectivity index (χ1n) is 11.7. The van der Waals surface area contributed by atoms with E-state index >= 15 is 0 Å². The topological polar surface area (TPSA) is 98.7 Å². The molecule has 3 aromatic carbocycles. The van der Waals surface area contributed by atoms with Crippen molar-refractivity contribution < 1.29 is 19.5 Å². The van der Waals surface area contributed by atoms with Crippen molar-refractivity contribution in [3.05, 3.63) is 89.5 Å². The number of hydrogen-bond donors (Lipinski definition) is 3. The first-order valence-corrected chi connectivity index (χ1v) is 11.7. The fourth-order valence-electron chi connectivity index (χ4n) is 4.98. The number of rotatable bonds is 5. The molecular formula is C28H27N3O4. The van der Waals surface area contributed by atoms with E-state index < -0.39 is 17.7 Å². The minimum Gasteiger partial charge on any atom is -0.465 e. The maximum absolute atomic E-state index is 12.4. The van der Waals surface area contributed by atoms with Crippen LogP contribution in [-0.4, -0.2) is 41.1 Å². The molecule has 178 valence electrons. The second-order valence-corrected chi connectivity index (χ2v) is 9.63. The lowest BCUT2D eigenvalue weighted by Crippen LogP contribution is -2.67. The van der Waals surface area contributed by atoms with Gasteiger partial charge in [0.2, 0.25) is 11.8 Å². The van der Waals surface area contributed by atoms with E-state index in [0.29, 0.717) is 18.7 Å². The molecule has 2 aliphatic rings. The zero-order valence-corrected chi connectivity index (χ0v) is 19.6. The number of benzene rings is 3. The van der Waals surface area contributed by atoms with Crippen LogP contribution < -0.4 is 15.5 Å². The van der Waals surface area contributed by atoms with Crippen LogP contribution in [-0.2, 0) is 16.0 Å². The number of anilines is 1. The van der Waals surface area contributed by atoms with Crippen molar-refractivity contribution in [2.24, 2.45) is 0 Å². The van der Waals surface area contributed by atoms with Gasteiger partial charge >= 0.3 is 6.09 Å². The van der Waals surface area contributed by atoms with Crippen LogP contribution in [0.3, 0.4) is 0 Å². The van der Waals surface area contributed by atoms with Gasteiger partial charge in [-0.05, 0) is 53.8 Å². The fourth-order valence-corrected chi connectivity index (χ4v) is 4.98. The molecule has 35 heavy (non-hydrogen) atoms. The van der Waals surface area contributed by atoms with E-state index in [1.807, 2.05) is 24.3 Å². The Morgan fingerprint density at radius 1 is 0.914 bits per heavy atom. The van der Waals surface area contributed by atoms with Crippen molar-refractivity contribution in [1.82, 2.24) is 10.6 Å². The van der Waals surface area contributed by atoms with E-state index in [0.717, 1.165) is 27.8 Å². The molecule has 1 heterocycles. The zero-order valence-electron chi connectivity index (χ0n) is 19.6. The first kappa shape index (κ1) is 22.7. The predicted octanol–water partition coefficient (Wildman–Crippen LogP) is 3.92. The lowest BCUT2D eigenvalue weighted by Gasteiger charge is -2.34. The van der Waals surface area contributed by atoms with Gasteiger partial charge in [-0.1, -0.05) is 60.7 Å². The molecule has 0 saturated carbocycles. The summed E-state index contributed by atoms with van der Waals surface area (Å²) in [6.07, 6.45) is -0.703. The summed E-state index contributed by atoms with van der Waals surface area (Å²) in [6.45, 7) is 3.61. The highest BCUT2D eigenvalue weighted by Crippen LogP contribution is 2.45. The van der Waals surface area contributed by atoms with Gasteiger partial charge in [0.15, 0.2) is 0 Å². The Bertz CT molecular complexity index is 1270. The third-order valence-corrected chi connectivity index (χ3v) is 6.87. The van der Waals surface area contributed by atoms with E-state index in [1.165, 1.54) is 4.90 Å². The van der Waals surface area contributed by atoms with Gasteiger partial charge in [-0.25, -0.2) is 4.79 Å². The highest BCUT2D eigenvalue weighted by Gasteiger charge is 2.39. The summed E-state index contributed by atoms with van der Waals surface area (Å²) < 4.78 is 0. The van der Waals surface area contributed by atoms with Gasteiger partial charge in [-0.15, -0.1) is 0 Å². The predicted molar refractivity (Wildman–Crippen MR) is 133 cm³/mol. The number of carbonyl (C=O) groups is 3. The Labute approximate surface area is 203 Å². The number of nitrogens with one attached hydrogen (secondary N) is 2. The maximum atomic E-state index is 12.4. The van der Waals surface area contributed by atoms with E-state index in [9.17, 15) is 19.5 Å². The largest absolute Gasteiger partial charge is 0.465 e. The summed E-state index contributed by atoms with van der Waals surface area (Å²) in [4.78, 5) is 38.3. The van der Waals surface area contributed by atoms with Gasteiger partial charge in [0.1, 0.15) is 11.6 Å². The number of hydrogen-bond acceptors (Lipinski definition) is 3. The molecule has 1 atom stereocenters. The molecule has 0 radical (unpaired) electrons. The van der Waals surface area contributed by atoms with E-state index in [4.69, 9.17) is 0 Å². The SMILES string of the molecule is CC1(C)NC(=O)[C@H](Cc2ccc(N(CC3c4ccccc4-c4ccccc43)C(=O)O)cc2)NC1=O. The summed E-state index contributed by atoms with van der Waals surface area (Å²) in [5.74, 6) is -0.528. The Morgan fingerprint density at radius 3 is 2.06 bits per heavy atom. The average Bonchev–Trinajstić information content (AvgIpc) is 3.15. The van der Waals surface area contributed by atoms with Crippen molar-refractivity contribution >= 4 is 23.6 Å². The number of nitrogens with zero attached hydrogens (tertiary/aromatic N) is 1. The first-order chi connectivity index (χ1) is 16.7. The number of piperazine rings is 1. The van der Waals surface area contributed by atoms with Gasteiger partial charge in [-0.3, -0.25) is 14.5 Å². The van der Waals surface area contributed by atoms with Crippen LogP contribution in [0.2, 0.25) is 0 Å². The van der Waals surface area contributed by atoms with Crippen LogP contribution in [0, 0.1) is 0 Å². The molecule has 0 bridgehead atoms. The van der Waals surface area contributed by atoms with Crippen LogP contribution in [0.1, 0.15) is 36.5 Å². The number of carbonyl (C=O) groups excluding carboxylic acids is 2. The minimum atomic E-state index is -1.03. The Morgan fingerprint density at radius 2 is 1.49 bits per heavy atom. The van der Waals surface area contributed by atoms with Gasteiger partial charge < -0.3 is 15.7 Å². The van der Waals surface area contributed by atoms with Crippen LogP contribution in [0.15, 0.2) is 72.8 Å². The molecule has 0 spiro atoms. The molecule has 3 amide bonds. The van der Waals surface area contributed by atoms with Crippen molar-refractivity contribution in [3.8, 4) is 11.1 Å². The second kappa shape index (κ2) is 8.58. The molecule has 1 fully saturated rings. The number of carboxylic acid groups (broad SMARTS) is 1. The quantitative estimate of drug-likeness (QED) is 0.528. The van der Waals surface area contributed by atoms with Crippen LogP contribution in [0.5, 0.6) is 0 Å². The summed E-state index contributed by atoms with van der Waals surface area (Å²) in [5, 5.41) is 15.6. The summed E-state index contributed by atoms with van der Waals surface area (Å²) in [7, 11) is 0.